The van der Waals surface area contributed by atoms with Crippen molar-refractivity contribution in [3.63, 3.8) is 0 Å². The fourth-order valence-electron chi connectivity index (χ4n) is 0.647. The maximum atomic E-state index is 10.2. The van der Waals surface area contributed by atoms with Gasteiger partial charge in [0.05, 0.1) is 0 Å². The Morgan fingerprint density at radius 2 is 1.54 bits per heavy atom. The summed E-state index contributed by atoms with van der Waals surface area (Å²) in [5.41, 5.74) is 0. The summed E-state index contributed by atoms with van der Waals surface area (Å²) < 4.78 is 0. The number of carbonyl (C=O) groups excluding carboxylic acids is 1. The van der Waals surface area contributed by atoms with Crippen LogP contribution in [0.5, 0.6) is 0 Å². The van der Waals surface area contributed by atoms with Gasteiger partial charge >= 0.3 is 0 Å². The van der Waals surface area contributed by atoms with Gasteiger partial charge < -0.3 is 4.90 Å². The van der Waals surface area contributed by atoms with E-state index < -0.39 is 0 Å². The van der Waals surface area contributed by atoms with Gasteiger partial charge in [-0.1, -0.05) is 41.0 Å². The van der Waals surface area contributed by atoms with Gasteiger partial charge in [0, 0.05) is 13.1 Å². The standard InChI is InChI=1S/C7H15NO.2C2H6/c1-3-5-6-8(4-2)7-9;2*1-2/h7H,3-6H2,1-2H3;2*1-2H3. The SMILES string of the molecule is CC.CC.CCCCN(C=O)CC. The van der Waals surface area contributed by atoms with Crippen LogP contribution in [0.4, 0.5) is 0 Å². The monoisotopic (exact) mass is 189 g/mol. The third kappa shape index (κ3) is 18.4. The number of hydrogen-bond acceptors (Lipinski definition) is 1. The molecular weight excluding hydrogens is 162 g/mol. The van der Waals surface area contributed by atoms with Crippen molar-refractivity contribution >= 4 is 6.41 Å². The molecule has 2 nitrogen and oxygen atoms in total. The van der Waals surface area contributed by atoms with E-state index in [0.717, 1.165) is 32.3 Å². The third-order valence-electron chi connectivity index (χ3n) is 1.35. The van der Waals surface area contributed by atoms with E-state index >= 15 is 0 Å². The Labute approximate surface area is 84.3 Å². The minimum absolute atomic E-state index is 0.837. The average molecular weight is 189 g/mol. The average Bonchev–Trinajstić information content (AvgIpc) is 2.25. The van der Waals surface area contributed by atoms with Crippen molar-refractivity contribution in [1.82, 2.24) is 4.90 Å². The largest absolute Gasteiger partial charge is 0.346 e. The van der Waals surface area contributed by atoms with Crippen LogP contribution in [0.25, 0.3) is 0 Å². The maximum Gasteiger partial charge on any atom is 0.209 e. The topological polar surface area (TPSA) is 20.3 Å². The molecule has 0 saturated carbocycles. The molecule has 0 aliphatic heterocycles. The second-order valence-electron chi connectivity index (χ2n) is 2.09. The second kappa shape index (κ2) is 22.5. The molecule has 0 atom stereocenters. The minimum Gasteiger partial charge on any atom is -0.346 e. The zero-order valence-corrected chi connectivity index (χ0v) is 10.3. The zero-order chi connectivity index (χ0) is 11.1. The van der Waals surface area contributed by atoms with Crippen LogP contribution in [0.15, 0.2) is 0 Å². The molecule has 0 unspecified atom stereocenters. The molecule has 1 amide bonds. The highest BCUT2D eigenvalue weighted by Crippen LogP contribution is 1.89. The Balaban J connectivity index is -0.000000218. The summed E-state index contributed by atoms with van der Waals surface area (Å²) in [6.45, 7) is 13.9. The first kappa shape index (κ1) is 18.3. The molecule has 0 N–H and O–H groups in total. The normalized spacial score (nSPS) is 7.23. The molecule has 0 fully saturated rings. The molecule has 82 valence electrons. The first-order valence-corrected chi connectivity index (χ1v) is 5.54. The van der Waals surface area contributed by atoms with E-state index in [-0.39, 0.29) is 0 Å². The summed E-state index contributed by atoms with van der Waals surface area (Å²) in [7, 11) is 0. The van der Waals surface area contributed by atoms with Crippen LogP contribution >= 0.6 is 0 Å². The predicted octanol–water partition coefficient (Wildman–Crippen LogP) is 3.32. The number of unbranched alkanes of at least 4 members (excludes halogenated alkanes) is 1. The van der Waals surface area contributed by atoms with Gasteiger partial charge in [-0.25, -0.2) is 0 Å². The van der Waals surface area contributed by atoms with Crippen molar-refractivity contribution in [3.8, 4) is 0 Å². The van der Waals surface area contributed by atoms with Crippen molar-refractivity contribution in [2.75, 3.05) is 13.1 Å². The molecule has 2 heteroatoms. The highest BCUT2D eigenvalue weighted by molar-refractivity contribution is 5.46. The van der Waals surface area contributed by atoms with Crippen LogP contribution in [0, 0.1) is 0 Å². The highest BCUT2D eigenvalue weighted by Gasteiger charge is 1.93. The summed E-state index contributed by atoms with van der Waals surface area (Å²) in [6.07, 6.45) is 3.19. The fourth-order valence-corrected chi connectivity index (χ4v) is 0.647. The summed E-state index contributed by atoms with van der Waals surface area (Å²) in [6, 6.07) is 0. The summed E-state index contributed by atoms with van der Waals surface area (Å²) >= 11 is 0. The number of amides is 1. The van der Waals surface area contributed by atoms with Gasteiger partial charge in [-0.3, -0.25) is 4.79 Å². The molecule has 0 heterocycles. The molecule has 13 heavy (non-hydrogen) atoms. The number of hydrogen-bond donors (Lipinski definition) is 0. The van der Waals surface area contributed by atoms with Gasteiger partial charge in [-0.05, 0) is 13.3 Å². The lowest BCUT2D eigenvalue weighted by Gasteiger charge is -2.12. The highest BCUT2D eigenvalue weighted by atomic mass is 16.1. The van der Waals surface area contributed by atoms with Crippen LogP contribution in [0.1, 0.15) is 54.4 Å². The smallest absolute Gasteiger partial charge is 0.209 e. The zero-order valence-electron chi connectivity index (χ0n) is 10.3. The maximum absolute atomic E-state index is 10.2. The lowest BCUT2D eigenvalue weighted by atomic mass is 10.3. The first-order chi connectivity index (χ1) is 6.35. The molecule has 0 aromatic rings. The van der Waals surface area contributed by atoms with Gasteiger partial charge in [0.1, 0.15) is 0 Å². The summed E-state index contributed by atoms with van der Waals surface area (Å²) in [4.78, 5) is 11.9. The van der Waals surface area contributed by atoms with Gasteiger partial charge in [-0.2, -0.15) is 0 Å². The molecule has 0 aromatic carbocycles. The van der Waals surface area contributed by atoms with Crippen LogP contribution in [-0.2, 0) is 4.79 Å². The van der Waals surface area contributed by atoms with E-state index in [4.69, 9.17) is 0 Å². The Hall–Kier alpha value is -0.530. The van der Waals surface area contributed by atoms with Crippen LogP contribution in [-0.4, -0.2) is 24.4 Å². The molecule has 0 bridgehead atoms. The van der Waals surface area contributed by atoms with E-state index in [1.165, 1.54) is 0 Å². The van der Waals surface area contributed by atoms with Gasteiger partial charge in [0.25, 0.3) is 0 Å². The van der Waals surface area contributed by atoms with Gasteiger partial charge in [-0.15, -0.1) is 0 Å². The molecular formula is C11H27NO. The van der Waals surface area contributed by atoms with E-state index in [9.17, 15) is 4.79 Å². The van der Waals surface area contributed by atoms with Crippen molar-refractivity contribution in [3.05, 3.63) is 0 Å². The fraction of sp³-hybridized carbons (Fsp3) is 0.909. The molecule has 0 aromatic heterocycles. The lowest BCUT2D eigenvalue weighted by molar-refractivity contribution is -0.118. The molecule has 0 saturated heterocycles. The van der Waals surface area contributed by atoms with E-state index in [2.05, 4.69) is 6.92 Å². The van der Waals surface area contributed by atoms with E-state index in [1.54, 1.807) is 4.90 Å². The second-order valence-corrected chi connectivity index (χ2v) is 2.09. The number of nitrogens with zero attached hydrogens (tertiary/aromatic N) is 1. The molecule has 0 radical (unpaired) electrons. The van der Waals surface area contributed by atoms with Gasteiger partial charge in [0.2, 0.25) is 6.41 Å². The van der Waals surface area contributed by atoms with E-state index in [0.29, 0.717) is 0 Å². The van der Waals surface area contributed by atoms with Gasteiger partial charge in [0.15, 0.2) is 0 Å². The minimum atomic E-state index is 0.837. The van der Waals surface area contributed by atoms with Crippen LogP contribution in [0.2, 0.25) is 0 Å². The van der Waals surface area contributed by atoms with Crippen molar-refractivity contribution in [2.45, 2.75) is 54.4 Å². The Bertz CT molecular complexity index is 74.5. The quantitative estimate of drug-likeness (QED) is 0.608. The Morgan fingerprint density at radius 3 is 1.77 bits per heavy atom. The molecule has 0 rings (SSSR count). The van der Waals surface area contributed by atoms with Crippen molar-refractivity contribution < 1.29 is 4.79 Å². The first-order valence-electron chi connectivity index (χ1n) is 5.54. The summed E-state index contributed by atoms with van der Waals surface area (Å²) in [5, 5.41) is 0. The third-order valence-corrected chi connectivity index (χ3v) is 1.35. The molecule has 0 spiro atoms. The number of carbonyl (C=O) groups is 1. The van der Waals surface area contributed by atoms with E-state index in [1.807, 2.05) is 34.6 Å². The molecule has 0 aliphatic rings. The Morgan fingerprint density at radius 1 is 1.08 bits per heavy atom. The van der Waals surface area contributed by atoms with Crippen LogP contribution < -0.4 is 0 Å². The Kier molecular flexibility index (Phi) is 31.7. The summed E-state index contributed by atoms with van der Waals surface area (Å²) in [5.74, 6) is 0. The van der Waals surface area contributed by atoms with Crippen molar-refractivity contribution in [2.24, 2.45) is 0 Å². The number of rotatable bonds is 5. The van der Waals surface area contributed by atoms with Crippen LogP contribution in [0.3, 0.4) is 0 Å². The predicted molar refractivity (Wildman–Crippen MR) is 60.9 cm³/mol. The molecule has 0 aliphatic carbocycles. The van der Waals surface area contributed by atoms with Crippen molar-refractivity contribution in [1.29, 1.82) is 0 Å². The lowest BCUT2D eigenvalue weighted by Crippen LogP contribution is -2.22.